The molecular formula is C22H24N2O4. The van der Waals surface area contributed by atoms with Gasteiger partial charge in [0.15, 0.2) is 0 Å². The second kappa shape index (κ2) is 8.27. The van der Waals surface area contributed by atoms with Crippen molar-refractivity contribution in [2.75, 3.05) is 34.3 Å². The number of aliphatic hydroxyl groups is 1. The number of hydrogen-bond donors (Lipinski definition) is 1. The number of likely N-dealkylation sites (tertiary alicyclic amines) is 1. The number of amides is 1. The number of carbonyl (C=O) groups is 2. The highest BCUT2D eigenvalue weighted by Crippen LogP contribution is 2.39. The van der Waals surface area contributed by atoms with E-state index in [4.69, 9.17) is 4.74 Å². The number of Topliss-reactive ketones (excluding diaryl/α,β-unsaturated/α-hetero) is 1. The van der Waals surface area contributed by atoms with Crippen LogP contribution in [0.5, 0.6) is 5.75 Å². The van der Waals surface area contributed by atoms with E-state index in [1.807, 2.05) is 49.3 Å². The molecule has 1 saturated heterocycles. The number of carbonyl (C=O) groups excluding carboxylic acids is 2. The molecular weight excluding hydrogens is 356 g/mol. The highest BCUT2D eigenvalue weighted by molar-refractivity contribution is 6.46. The largest absolute Gasteiger partial charge is 0.507 e. The Labute approximate surface area is 164 Å². The highest BCUT2D eigenvalue weighted by atomic mass is 16.5. The molecule has 2 aromatic rings. The van der Waals surface area contributed by atoms with Crippen LogP contribution in [-0.4, -0.2) is 60.9 Å². The van der Waals surface area contributed by atoms with Gasteiger partial charge < -0.3 is 19.6 Å². The predicted molar refractivity (Wildman–Crippen MR) is 107 cm³/mol. The van der Waals surface area contributed by atoms with Gasteiger partial charge in [-0.2, -0.15) is 0 Å². The molecule has 0 bridgehead atoms. The van der Waals surface area contributed by atoms with Crippen molar-refractivity contribution in [1.29, 1.82) is 0 Å². The van der Waals surface area contributed by atoms with E-state index < -0.39 is 17.7 Å². The molecule has 0 radical (unpaired) electrons. The van der Waals surface area contributed by atoms with Gasteiger partial charge in [0.2, 0.25) is 0 Å². The molecule has 1 heterocycles. The third kappa shape index (κ3) is 3.77. The van der Waals surface area contributed by atoms with Crippen LogP contribution in [0.2, 0.25) is 0 Å². The lowest BCUT2D eigenvalue weighted by Gasteiger charge is -2.26. The zero-order valence-corrected chi connectivity index (χ0v) is 16.3. The quantitative estimate of drug-likeness (QED) is 0.474. The molecule has 0 spiro atoms. The molecule has 6 heteroatoms. The lowest BCUT2D eigenvalue weighted by molar-refractivity contribution is -0.140. The Kier molecular flexibility index (Phi) is 5.80. The number of benzene rings is 2. The van der Waals surface area contributed by atoms with Crippen LogP contribution >= 0.6 is 0 Å². The van der Waals surface area contributed by atoms with E-state index in [2.05, 4.69) is 0 Å². The number of methoxy groups -OCH3 is 1. The van der Waals surface area contributed by atoms with Crippen LogP contribution in [0.1, 0.15) is 17.2 Å². The van der Waals surface area contributed by atoms with Crippen LogP contribution in [0, 0.1) is 0 Å². The van der Waals surface area contributed by atoms with E-state index in [9.17, 15) is 14.7 Å². The van der Waals surface area contributed by atoms with Crippen LogP contribution in [-0.2, 0) is 9.59 Å². The molecule has 1 N–H and O–H groups in total. The van der Waals surface area contributed by atoms with E-state index in [0.717, 1.165) is 5.56 Å². The summed E-state index contributed by atoms with van der Waals surface area (Å²) < 4.78 is 5.21. The Morgan fingerprint density at radius 1 is 1.11 bits per heavy atom. The molecule has 0 saturated carbocycles. The average molecular weight is 380 g/mol. The van der Waals surface area contributed by atoms with Crippen molar-refractivity contribution < 1.29 is 19.4 Å². The molecule has 2 aromatic carbocycles. The normalized spacial score (nSPS) is 18.7. The van der Waals surface area contributed by atoms with E-state index in [0.29, 0.717) is 24.4 Å². The number of ether oxygens (including phenoxy) is 1. The molecule has 1 amide bonds. The summed E-state index contributed by atoms with van der Waals surface area (Å²) >= 11 is 0. The van der Waals surface area contributed by atoms with Crippen LogP contribution in [0.4, 0.5) is 0 Å². The molecule has 146 valence electrons. The Hall–Kier alpha value is -3.12. The molecule has 28 heavy (non-hydrogen) atoms. The molecule has 1 fully saturated rings. The Balaban J connectivity index is 2.13. The zero-order valence-electron chi connectivity index (χ0n) is 16.3. The maximum atomic E-state index is 12.9. The number of hydrogen-bond acceptors (Lipinski definition) is 5. The van der Waals surface area contributed by atoms with Gasteiger partial charge in [-0.25, -0.2) is 0 Å². The fourth-order valence-electron chi connectivity index (χ4n) is 3.33. The third-order valence-electron chi connectivity index (χ3n) is 4.79. The first-order chi connectivity index (χ1) is 13.4. The van der Waals surface area contributed by atoms with Crippen molar-refractivity contribution in [3.63, 3.8) is 0 Å². The molecule has 1 aliphatic heterocycles. The van der Waals surface area contributed by atoms with Crippen LogP contribution in [0.15, 0.2) is 60.2 Å². The van der Waals surface area contributed by atoms with Gasteiger partial charge in [0.25, 0.3) is 11.7 Å². The SMILES string of the molecule is COc1cccc(/C(O)=C2\C(=O)C(=O)N(CCN(C)C)[C@H]2c2ccccc2)c1. The smallest absolute Gasteiger partial charge is 0.295 e. The summed E-state index contributed by atoms with van der Waals surface area (Å²) in [5, 5.41) is 11.0. The van der Waals surface area contributed by atoms with Crippen molar-refractivity contribution in [2.45, 2.75) is 6.04 Å². The molecule has 1 atom stereocenters. The summed E-state index contributed by atoms with van der Waals surface area (Å²) in [6.07, 6.45) is 0. The van der Waals surface area contributed by atoms with Crippen molar-refractivity contribution in [2.24, 2.45) is 0 Å². The number of nitrogens with zero attached hydrogens (tertiary/aromatic N) is 2. The topological polar surface area (TPSA) is 70.1 Å². The Bertz CT molecular complexity index is 906. The first-order valence-electron chi connectivity index (χ1n) is 9.06. The van der Waals surface area contributed by atoms with Crippen LogP contribution in [0.3, 0.4) is 0 Å². The number of rotatable bonds is 6. The molecule has 0 unspecified atom stereocenters. The zero-order chi connectivity index (χ0) is 20.3. The Morgan fingerprint density at radius 2 is 1.82 bits per heavy atom. The second-order valence-corrected chi connectivity index (χ2v) is 6.94. The summed E-state index contributed by atoms with van der Waals surface area (Å²) in [7, 11) is 5.35. The summed E-state index contributed by atoms with van der Waals surface area (Å²) in [4.78, 5) is 29.1. The third-order valence-corrected chi connectivity index (χ3v) is 4.79. The molecule has 0 aliphatic carbocycles. The van der Waals surface area contributed by atoms with Gasteiger partial charge >= 0.3 is 0 Å². The van der Waals surface area contributed by atoms with E-state index >= 15 is 0 Å². The van der Waals surface area contributed by atoms with Gasteiger partial charge in [-0.3, -0.25) is 9.59 Å². The number of aliphatic hydroxyl groups excluding tert-OH is 1. The number of likely N-dealkylation sites (N-methyl/N-ethyl adjacent to an activating group) is 1. The van der Waals surface area contributed by atoms with Crippen LogP contribution in [0.25, 0.3) is 5.76 Å². The fourth-order valence-corrected chi connectivity index (χ4v) is 3.33. The minimum atomic E-state index is -0.673. The van der Waals surface area contributed by atoms with Crippen LogP contribution < -0.4 is 4.74 Å². The standard InChI is InChI=1S/C22H24N2O4/c1-23(2)12-13-24-19(15-8-5-4-6-9-15)18(21(26)22(24)27)20(25)16-10-7-11-17(14-16)28-3/h4-11,14,19,25H,12-13H2,1-3H3/b20-18+/t19-/m0/s1. The summed E-state index contributed by atoms with van der Waals surface area (Å²) in [6.45, 7) is 0.988. The lowest BCUT2D eigenvalue weighted by Crippen LogP contribution is -2.35. The second-order valence-electron chi connectivity index (χ2n) is 6.94. The lowest BCUT2D eigenvalue weighted by atomic mass is 9.95. The van der Waals surface area contributed by atoms with Gasteiger partial charge in [0.05, 0.1) is 18.7 Å². The van der Waals surface area contributed by atoms with Gasteiger partial charge in [-0.05, 0) is 31.8 Å². The molecule has 0 aromatic heterocycles. The van der Waals surface area contributed by atoms with Gasteiger partial charge in [-0.15, -0.1) is 0 Å². The minimum absolute atomic E-state index is 0.100. The summed E-state index contributed by atoms with van der Waals surface area (Å²) in [5.74, 6) is -0.909. The summed E-state index contributed by atoms with van der Waals surface area (Å²) in [5.41, 5.74) is 1.32. The maximum Gasteiger partial charge on any atom is 0.295 e. The Morgan fingerprint density at radius 3 is 2.46 bits per heavy atom. The predicted octanol–water partition coefficient (Wildman–Crippen LogP) is 2.68. The monoisotopic (exact) mass is 380 g/mol. The molecule has 1 aliphatic rings. The fraction of sp³-hybridized carbons (Fsp3) is 0.273. The van der Waals surface area contributed by atoms with E-state index in [1.165, 1.54) is 12.0 Å². The average Bonchev–Trinajstić information content (AvgIpc) is 2.97. The maximum absolute atomic E-state index is 12.9. The first-order valence-corrected chi connectivity index (χ1v) is 9.06. The molecule has 6 nitrogen and oxygen atoms in total. The van der Waals surface area contributed by atoms with Crippen molar-refractivity contribution >= 4 is 17.4 Å². The summed E-state index contributed by atoms with van der Waals surface area (Å²) in [6, 6.07) is 15.5. The van der Waals surface area contributed by atoms with Crippen molar-refractivity contribution in [3.05, 3.63) is 71.3 Å². The number of ketones is 1. The van der Waals surface area contributed by atoms with Crippen molar-refractivity contribution in [3.8, 4) is 5.75 Å². The first kappa shape index (κ1) is 19.6. The van der Waals surface area contributed by atoms with Gasteiger partial charge in [-0.1, -0.05) is 42.5 Å². The highest BCUT2D eigenvalue weighted by Gasteiger charge is 2.45. The van der Waals surface area contributed by atoms with E-state index in [1.54, 1.807) is 24.3 Å². The molecule has 3 rings (SSSR count). The minimum Gasteiger partial charge on any atom is -0.507 e. The van der Waals surface area contributed by atoms with Gasteiger partial charge in [0.1, 0.15) is 11.5 Å². The van der Waals surface area contributed by atoms with Gasteiger partial charge in [0, 0.05) is 18.7 Å². The van der Waals surface area contributed by atoms with Crippen molar-refractivity contribution in [1.82, 2.24) is 9.80 Å². The van der Waals surface area contributed by atoms with E-state index in [-0.39, 0.29) is 11.3 Å².